The van der Waals surface area contributed by atoms with Crippen LogP contribution in [0.2, 0.25) is 0 Å². The van der Waals surface area contributed by atoms with E-state index in [-0.39, 0.29) is 12.3 Å². The summed E-state index contributed by atoms with van der Waals surface area (Å²) >= 11 is 0. The maximum Gasteiger partial charge on any atom is 0.342 e. The largest absolute Gasteiger partial charge is 0.391 e. The van der Waals surface area contributed by atoms with Crippen molar-refractivity contribution in [2.75, 3.05) is 0 Å². The smallest absolute Gasteiger partial charge is 0.342 e. The van der Waals surface area contributed by atoms with E-state index in [0.29, 0.717) is 5.92 Å². The average molecular weight is 244 g/mol. The SMILES string of the molecule is CC(C)CCCC(C)CC(=O)OC(=O)C(C)O. The maximum atomic E-state index is 11.3. The van der Waals surface area contributed by atoms with E-state index in [1.807, 2.05) is 6.92 Å². The van der Waals surface area contributed by atoms with E-state index in [2.05, 4.69) is 18.6 Å². The molecule has 17 heavy (non-hydrogen) atoms. The van der Waals surface area contributed by atoms with Crippen molar-refractivity contribution >= 4 is 11.9 Å². The molecule has 100 valence electrons. The molecule has 1 N–H and O–H groups in total. The normalized spacial score (nSPS) is 14.5. The Hall–Kier alpha value is -0.900. The van der Waals surface area contributed by atoms with Gasteiger partial charge in [-0.2, -0.15) is 0 Å². The van der Waals surface area contributed by atoms with Gasteiger partial charge in [0.2, 0.25) is 0 Å². The number of carbonyl (C=O) groups excluding carboxylic acids is 2. The molecule has 0 aromatic rings. The number of ether oxygens (including phenoxy) is 1. The summed E-state index contributed by atoms with van der Waals surface area (Å²) in [5.41, 5.74) is 0. The van der Waals surface area contributed by atoms with Crippen molar-refractivity contribution in [1.29, 1.82) is 0 Å². The van der Waals surface area contributed by atoms with Crippen molar-refractivity contribution in [2.45, 2.75) is 59.5 Å². The number of esters is 2. The van der Waals surface area contributed by atoms with Gasteiger partial charge in [-0.25, -0.2) is 4.79 Å². The zero-order valence-corrected chi connectivity index (χ0v) is 11.2. The Labute approximate surface area is 103 Å². The minimum Gasteiger partial charge on any atom is -0.391 e. The molecule has 0 aromatic carbocycles. The van der Waals surface area contributed by atoms with Crippen LogP contribution in [0.25, 0.3) is 0 Å². The highest BCUT2D eigenvalue weighted by Crippen LogP contribution is 2.15. The number of rotatable bonds is 7. The second-order valence-corrected chi connectivity index (χ2v) is 5.10. The van der Waals surface area contributed by atoms with E-state index in [1.165, 1.54) is 6.92 Å². The molecular weight excluding hydrogens is 220 g/mol. The second-order valence-electron chi connectivity index (χ2n) is 5.10. The highest BCUT2D eigenvalue weighted by atomic mass is 16.6. The number of aliphatic hydroxyl groups excluding tert-OH is 1. The Bertz CT molecular complexity index is 246. The van der Waals surface area contributed by atoms with Crippen LogP contribution in [0.4, 0.5) is 0 Å². The summed E-state index contributed by atoms with van der Waals surface area (Å²) in [6.07, 6.45) is 2.17. The van der Waals surface area contributed by atoms with Gasteiger partial charge >= 0.3 is 11.9 Å². The van der Waals surface area contributed by atoms with Crippen LogP contribution in [0.15, 0.2) is 0 Å². The topological polar surface area (TPSA) is 63.6 Å². The standard InChI is InChI=1S/C13H24O4/c1-9(2)6-5-7-10(3)8-12(15)17-13(16)11(4)14/h9-11,14H,5-8H2,1-4H3. The van der Waals surface area contributed by atoms with Gasteiger partial charge in [0.05, 0.1) is 0 Å². The first-order valence-electron chi connectivity index (χ1n) is 6.25. The van der Waals surface area contributed by atoms with Crippen molar-refractivity contribution in [3.63, 3.8) is 0 Å². The van der Waals surface area contributed by atoms with Gasteiger partial charge in [-0.15, -0.1) is 0 Å². The van der Waals surface area contributed by atoms with E-state index in [1.54, 1.807) is 0 Å². The first kappa shape index (κ1) is 16.1. The van der Waals surface area contributed by atoms with Gasteiger partial charge in [-0.1, -0.05) is 40.0 Å². The molecule has 0 saturated heterocycles. The van der Waals surface area contributed by atoms with E-state index in [0.717, 1.165) is 19.3 Å². The van der Waals surface area contributed by atoms with E-state index < -0.39 is 18.0 Å². The molecule has 0 aromatic heterocycles. The molecule has 0 spiro atoms. The van der Waals surface area contributed by atoms with Crippen molar-refractivity contribution in [3.05, 3.63) is 0 Å². The van der Waals surface area contributed by atoms with Crippen LogP contribution < -0.4 is 0 Å². The van der Waals surface area contributed by atoms with Gasteiger partial charge in [0.25, 0.3) is 0 Å². The number of hydrogen-bond acceptors (Lipinski definition) is 4. The zero-order valence-electron chi connectivity index (χ0n) is 11.2. The lowest BCUT2D eigenvalue weighted by atomic mass is 9.97. The molecule has 0 bridgehead atoms. The zero-order chi connectivity index (χ0) is 13.4. The van der Waals surface area contributed by atoms with Gasteiger partial charge in [-0.3, -0.25) is 4.79 Å². The molecule has 0 saturated carbocycles. The second kappa shape index (κ2) is 8.23. The van der Waals surface area contributed by atoms with Crippen LogP contribution in [0.1, 0.15) is 53.4 Å². The van der Waals surface area contributed by atoms with Crippen LogP contribution in [-0.2, 0) is 14.3 Å². The van der Waals surface area contributed by atoms with Crippen LogP contribution in [0.5, 0.6) is 0 Å². The van der Waals surface area contributed by atoms with E-state index in [9.17, 15) is 9.59 Å². The predicted molar refractivity (Wildman–Crippen MR) is 65.2 cm³/mol. The maximum absolute atomic E-state index is 11.3. The van der Waals surface area contributed by atoms with Crippen LogP contribution in [0, 0.1) is 11.8 Å². The summed E-state index contributed by atoms with van der Waals surface area (Å²) in [5.74, 6) is -0.536. The summed E-state index contributed by atoms with van der Waals surface area (Å²) in [6.45, 7) is 7.58. The van der Waals surface area contributed by atoms with E-state index >= 15 is 0 Å². The van der Waals surface area contributed by atoms with Gasteiger partial charge < -0.3 is 9.84 Å². The van der Waals surface area contributed by atoms with Crippen molar-refractivity contribution in [1.82, 2.24) is 0 Å². The molecule has 4 heteroatoms. The predicted octanol–water partition coefficient (Wildman–Crippen LogP) is 2.29. The Morgan fingerprint density at radius 1 is 1.12 bits per heavy atom. The minimum absolute atomic E-state index is 0.211. The summed E-state index contributed by atoms with van der Waals surface area (Å²) in [4.78, 5) is 22.3. The van der Waals surface area contributed by atoms with Crippen LogP contribution in [-0.4, -0.2) is 23.1 Å². The van der Waals surface area contributed by atoms with Crippen molar-refractivity contribution < 1.29 is 19.4 Å². The van der Waals surface area contributed by atoms with Crippen LogP contribution >= 0.6 is 0 Å². The summed E-state index contributed by atoms with van der Waals surface area (Å²) in [7, 11) is 0. The van der Waals surface area contributed by atoms with Gasteiger partial charge in [0.15, 0.2) is 0 Å². The first-order valence-corrected chi connectivity index (χ1v) is 6.25. The monoisotopic (exact) mass is 244 g/mol. The highest BCUT2D eigenvalue weighted by Gasteiger charge is 2.17. The average Bonchev–Trinajstić information content (AvgIpc) is 2.16. The third kappa shape index (κ3) is 8.86. The quantitative estimate of drug-likeness (QED) is 0.551. The Morgan fingerprint density at radius 3 is 2.18 bits per heavy atom. The minimum atomic E-state index is -1.24. The Kier molecular flexibility index (Phi) is 7.79. The first-order chi connectivity index (χ1) is 7.82. The van der Waals surface area contributed by atoms with Gasteiger partial charge in [-0.05, 0) is 18.8 Å². The van der Waals surface area contributed by atoms with Gasteiger partial charge in [0, 0.05) is 6.42 Å². The molecule has 2 atom stereocenters. The molecule has 2 unspecified atom stereocenters. The fraction of sp³-hybridized carbons (Fsp3) is 0.846. The van der Waals surface area contributed by atoms with E-state index in [4.69, 9.17) is 5.11 Å². The summed E-state index contributed by atoms with van der Waals surface area (Å²) in [6, 6.07) is 0. The molecule has 0 heterocycles. The lowest BCUT2D eigenvalue weighted by Crippen LogP contribution is -2.23. The molecule has 0 aliphatic rings. The van der Waals surface area contributed by atoms with Crippen LogP contribution in [0.3, 0.4) is 0 Å². The number of carbonyl (C=O) groups is 2. The van der Waals surface area contributed by atoms with Crippen molar-refractivity contribution in [2.24, 2.45) is 11.8 Å². The Morgan fingerprint density at radius 2 is 1.71 bits per heavy atom. The third-order valence-corrected chi connectivity index (χ3v) is 2.55. The van der Waals surface area contributed by atoms with Gasteiger partial charge in [0.1, 0.15) is 6.10 Å². The fourth-order valence-corrected chi connectivity index (χ4v) is 1.50. The molecular formula is C13H24O4. The lowest BCUT2D eigenvalue weighted by molar-refractivity contribution is -0.165. The molecule has 0 aliphatic carbocycles. The third-order valence-electron chi connectivity index (χ3n) is 2.55. The highest BCUT2D eigenvalue weighted by molar-refractivity contribution is 5.87. The number of aliphatic hydroxyl groups is 1. The molecule has 0 radical (unpaired) electrons. The molecule has 0 aliphatic heterocycles. The summed E-state index contributed by atoms with van der Waals surface area (Å²) in [5, 5.41) is 8.88. The molecule has 4 nitrogen and oxygen atoms in total. The molecule has 0 fully saturated rings. The Balaban J connectivity index is 3.76. The fourth-order valence-electron chi connectivity index (χ4n) is 1.50. The lowest BCUT2D eigenvalue weighted by Gasteiger charge is -2.11. The van der Waals surface area contributed by atoms with Crippen molar-refractivity contribution in [3.8, 4) is 0 Å². The molecule has 0 rings (SSSR count). The summed E-state index contributed by atoms with van der Waals surface area (Å²) < 4.78 is 4.48. The number of hydrogen-bond donors (Lipinski definition) is 1. The molecule has 0 amide bonds.